The van der Waals surface area contributed by atoms with Crippen LogP contribution in [0.25, 0.3) is 0 Å². The van der Waals surface area contributed by atoms with Gasteiger partial charge in [0, 0.05) is 18.8 Å². The van der Waals surface area contributed by atoms with Crippen LogP contribution < -0.4 is 0 Å². The summed E-state index contributed by atoms with van der Waals surface area (Å²) in [5.41, 5.74) is 0.559. The third kappa shape index (κ3) is 2.53. The Kier molecular flexibility index (Phi) is 4.53. The molecule has 3 fully saturated rings. The molecule has 0 amide bonds. The maximum absolute atomic E-state index is 12.9. The predicted octanol–water partition coefficient (Wildman–Crippen LogP) is 4.82. The van der Waals surface area contributed by atoms with Crippen LogP contribution in [0, 0.1) is 34.5 Å². The SMILES string of the molecule is C=C1C[C@H]2[C@@H]3C[C@H](C)C4=CC(=O)CC[C@]4(C)[C@H]3CC[C@]2(C)[C@@]1(OC(C)=O)C(C)=O. The van der Waals surface area contributed by atoms with E-state index in [0.717, 1.165) is 37.7 Å². The molecule has 3 saturated carbocycles. The lowest BCUT2D eigenvalue weighted by Crippen LogP contribution is -2.59. The number of rotatable bonds is 2. The van der Waals surface area contributed by atoms with Gasteiger partial charge in [-0.2, -0.15) is 0 Å². The minimum absolute atomic E-state index is 0.0574. The van der Waals surface area contributed by atoms with Crippen molar-refractivity contribution < 1.29 is 19.1 Å². The Morgan fingerprint density at radius 1 is 1.17 bits per heavy atom. The average molecular weight is 399 g/mol. The van der Waals surface area contributed by atoms with Crippen LogP contribution in [0.5, 0.6) is 0 Å². The van der Waals surface area contributed by atoms with Crippen molar-refractivity contribution in [2.75, 3.05) is 0 Å². The largest absolute Gasteiger partial charge is 0.446 e. The summed E-state index contributed by atoms with van der Waals surface area (Å²) in [5.74, 6) is 1.35. The molecule has 4 heteroatoms. The van der Waals surface area contributed by atoms with Crippen molar-refractivity contribution in [1.29, 1.82) is 0 Å². The van der Waals surface area contributed by atoms with Gasteiger partial charge in [-0.1, -0.05) is 32.9 Å². The highest BCUT2D eigenvalue weighted by atomic mass is 16.6. The lowest BCUT2D eigenvalue weighted by Gasteiger charge is -2.60. The summed E-state index contributed by atoms with van der Waals surface area (Å²) >= 11 is 0. The zero-order valence-electron chi connectivity index (χ0n) is 18.5. The third-order valence-electron chi connectivity index (χ3n) is 9.23. The molecule has 0 N–H and O–H groups in total. The molecule has 0 aromatic heterocycles. The zero-order valence-corrected chi connectivity index (χ0v) is 18.5. The number of carbonyl (C=O) groups excluding carboxylic acids is 3. The standard InChI is InChI=1S/C25H34O4/c1-14-11-19-20(23(5)9-7-18(28)13-21(14)23)8-10-24(6)22(19)12-15(2)25(24,16(3)26)29-17(4)27/h13-14,19-20,22H,2,7-12H2,1,3-6H3/t14-,19+,20-,22-,23+,24-,25-/m0/s1. The fourth-order valence-corrected chi connectivity index (χ4v) is 8.06. The Bertz CT molecular complexity index is 838. The number of ether oxygens (including phenoxy) is 1. The molecule has 0 aliphatic heterocycles. The molecular formula is C25H34O4. The molecule has 0 heterocycles. The summed E-state index contributed by atoms with van der Waals surface area (Å²) < 4.78 is 5.85. The highest BCUT2D eigenvalue weighted by Crippen LogP contribution is 2.70. The van der Waals surface area contributed by atoms with E-state index in [-0.39, 0.29) is 22.9 Å². The Morgan fingerprint density at radius 2 is 1.86 bits per heavy atom. The molecule has 158 valence electrons. The van der Waals surface area contributed by atoms with Crippen molar-refractivity contribution in [3.05, 3.63) is 23.8 Å². The van der Waals surface area contributed by atoms with Crippen molar-refractivity contribution in [1.82, 2.24) is 0 Å². The average Bonchev–Trinajstić information content (AvgIpc) is 2.85. The monoisotopic (exact) mass is 398 g/mol. The fourth-order valence-electron chi connectivity index (χ4n) is 8.06. The molecule has 0 spiro atoms. The van der Waals surface area contributed by atoms with E-state index in [9.17, 15) is 14.4 Å². The second-order valence-electron chi connectivity index (χ2n) is 10.6. The van der Waals surface area contributed by atoms with Crippen LogP contribution >= 0.6 is 0 Å². The van der Waals surface area contributed by atoms with Crippen molar-refractivity contribution >= 4 is 17.5 Å². The van der Waals surface area contributed by atoms with Crippen molar-refractivity contribution in [2.45, 2.75) is 78.7 Å². The highest BCUT2D eigenvalue weighted by molar-refractivity contribution is 5.93. The summed E-state index contributed by atoms with van der Waals surface area (Å²) in [6.45, 7) is 14.0. The van der Waals surface area contributed by atoms with Crippen LogP contribution in [0.4, 0.5) is 0 Å². The summed E-state index contributed by atoms with van der Waals surface area (Å²) in [6, 6.07) is 0. The van der Waals surface area contributed by atoms with Crippen LogP contribution in [-0.2, 0) is 19.1 Å². The van der Waals surface area contributed by atoms with E-state index >= 15 is 0 Å². The zero-order chi connectivity index (χ0) is 21.4. The molecule has 0 aromatic rings. The van der Waals surface area contributed by atoms with E-state index in [1.807, 2.05) is 6.08 Å². The fraction of sp³-hybridized carbons (Fsp3) is 0.720. The molecule has 0 radical (unpaired) electrons. The summed E-state index contributed by atoms with van der Waals surface area (Å²) in [7, 11) is 0. The minimum Gasteiger partial charge on any atom is -0.446 e. The van der Waals surface area contributed by atoms with Gasteiger partial charge in [0.25, 0.3) is 0 Å². The molecule has 4 aliphatic carbocycles. The van der Waals surface area contributed by atoms with Gasteiger partial charge in [-0.25, -0.2) is 0 Å². The molecular weight excluding hydrogens is 364 g/mol. The van der Waals surface area contributed by atoms with Crippen molar-refractivity contribution in [2.24, 2.45) is 34.5 Å². The van der Waals surface area contributed by atoms with Gasteiger partial charge >= 0.3 is 5.97 Å². The van der Waals surface area contributed by atoms with E-state index < -0.39 is 17.0 Å². The predicted molar refractivity (Wildman–Crippen MR) is 111 cm³/mol. The number of carbonyl (C=O) groups is 3. The first-order valence-corrected chi connectivity index (χ1v) is 11.1. The number of allylic oxidation sites excluding steroid dienone is 1. The first-order chi connectivity index (χ1) is 13.5. The third-order valence-corrected chi connectivity index (χ3v) is 9.23. The van der Waals surface area contributed by atoms with Crippen LogP contribution in [0.1, 0.15) is 73.1 Å². The first kappa shape index (κ1) is 20.6. The van der Waals surface area contributed by atoms with Gasteiger partial charge in [-0.15, -0.1) is 0 Å². The van der Waals surface area contributed by atoms with Crippen molar-refractivity contribution in [3.63, 3.8) is 0 Å². The maximum Gasteiger partial charge on any atom is 0.303 e. The number of esters is 1. The van der Waals surface area contributed by atoms with Crippen LogP contribution in [-0.4, -0.2) is 23.1 Å². The van der Waals surface area contributed by atoms with E-state index in [2.05, 4.69) is 27.4 Å². The molecule has 4 rings (SSSR count). The molecule has 29 heavy (non-hydrogen) atoms. The number of hydrogen-bond donors (Lipinski definition) is 0. The molecule has 0 unspecified atom stereocenters. The number of ketones is 2. The number of hydrogen-bond acceptors (Lipinski definition) is 4. The van der Waals surface area contributed by atoms with Gasteiger partial charge in [-0.3, -0.25) is 14.4 Å². The Morgan fingerprint density at radius 3 is 2.48 bits per heavy atom. The Hall–Kier alpha value is -1.71. The normalized spacial score (nSPS) is 46.3. The number of fused-ring (bicyclic) bond motifs is 5. The second-order valence-corrected chi connectivity index (χ2v) is 10.6. The lowest BCUT2D eigenvalue weighted by molar-refractivity contribution is -0.182. The van der Waals surface area contributed by atoms with Gasteiger partial charge < -0.3 is 4.74 Å². The Labute approximate surface area is 174 Å². The van der Waals surface area contributed by atoms with Crippen LogP contribution in [0.15, 0.2) is 23.8 Å². The summed E-state index contributed by atoms with van der Waals surface area (Å²) in [5, 5.41) is 0. The van der Waals surface area contributed by atoms with Crippen LogP contribution in [0.3, 0.4) is 0 Å². The highest BCUT2D eigenvalue weighted by Gasteiger charge is 2.69. The second kappa shape index (κ2) is 6.39. The molecule has 0 aromatic carbocycles. The molecule has 0 saturated heterocycles. The maximum atomic E-state index is 12.9. The minimum atomic E-state index is -1.20. The topological polar surface area (TPSA) is 60.4 Å². The van der Waals surface area contributed by atoms with Crippen molar-refractivity contribution in [3.8, 4) is 0 Å². The van der Waals surface area contributed by atoms with E-state index in [0.29, 0.717) is 24.2 Å². The lowest BCUT2D eigenvalue weighted by atomic mass is 9.44. The van der Waals surface area contributed by atoms with E-state index in [1.54, 1.807) is 6.92 Å². The van der Waals surface area contributed by atoms with Gasteiger partial charge in [-0.05, 0) is 79.8 Å². The summed E-state index contributed by atoms with van der Waals surface area (Å²) in [4.78, 5) is 37.1. The van der Waals surface area contributed by atoms with E-state index in [4.69, 9.17) is 4.74 Å². The molecule has 4 nitrogen and oxygen atoms in total. The molecule has 7 atom stereocenters. The summed E-state index contributed by atoms with van der Waals surface area (Å²) in [6.07, 6.45) is 7.10. The smallest absolute Gasteiger partial charge is 0.303 e. The Balaban J connectivity index is 1.78. The first-order valence-electron chi connectivity index (χ1n) is 11.1. The molecule has 0 bridgehead atoms. The quantitative estimate of drug-likeness (QED) is 0.494. The number of Topliss-reactive ketones (excluding diaryl/α,β-unsaturated/α-hetero) is 1. The van der Waals surface area contributed by atoms with Crippen LogP contribution in [0.2, 0.25) is 0 Å². The van der Waals surface area contributed by atoms with Gasteiger partial charge in [0.05, 0.1) is 0 Å². The van der Waals surface area contributed by atoms with Gasteiger partial charge in [0.15, 0.2) is 17.2 Å². The van der Waals surface area contributed by atoms with Gasteiger partial charge in [0.1, 0.15) is 0 Å². The van der Waals surface area contributed by atoms with Gasteiger partial charge in [0.2, 0.25) is 0 Å². The van der Waals surface area contributed by atoms with E-state index in [1.165, 1.54) is 12.5 Å². The molecule has 4 aliphatic rings.